The fourth-order valence-electron chi connectivity index (χ4n) is 1.83. The Morgan fingerprint density at radius 1 is 1.39 bits per heavy atom. The summed E-state index contributed by atoms with van der Waals surface area (Å²) in [6, 6.07) is 5.54. The molecule has 0 saturated heterocycles. The van der Waals surface area contributed by atoms with E-state index in [0.717, 1.165) is 17.1 Å². The van der Waals surface area contributed by atoms with Crippen molar-refractivity contribution in [2.45, 2.75) is 19.8 Å². The highest BCUT2D eigenvalue weighted by Gasteiger charge is 2.15. The second kappa shape index (κ2) is 5.31. The first-order valence-electron chi connectivity index (χ1n) is 5.67. The largest absolute Gasteiger partial charge is 0.299 e. The third-order valence-corrected chi connectivity index (χ3v) is 3.22. The van der Waals surface area contributed by atoms with Gasteiger partial charge >= 0.3 is 0 Å². The topological polar surface area (TPSA) is 47.8 Å². The van der Waals surface area contributed by atoms with Crippen LogP contribution in [0.1, 0.15) is 17.1 Å². The second-order valence-electron chi connectivity index (χ2n) is 4.18. The van der Waals surface area contributed by atoms with Crippen LogP contribution in [0.4, 0.5) is 0 Å². The van der Waals surface area contributed by atoms with Crippen molar-refractivity contribution >= 4 is 17.4 Å². The first-order chi connectivity index (χ1) is 8.58. The van der Waals surface area contributed by atoms with Crippen LogP contribution in [0.5, 0.6) is 0 Å². The van der Waals surface area contributed by atoms with E-state index in [-0.39, 0.29) is 12.2 Å². The van der Waals surface area contributed by atoms with Gasteiger partial charge in [0.25, 0.3) is 0 Å². The predicted molar refractivity (Wildman–Crippen MR) is 69.6 cm³/mol. The molecule has 0 fully saturated rings. The van der Waals surface area contributed by atoms with Crippen molar-refractivity contribution in [1.29, 1.82) is 0 Å². The zero-order valence-electron chi connectivity index (χ0n) is 10.4. The molecule has 94 valence electrons. The van der Waals surface area contributed by atoms with E-state index in [9.17, 15) is 4.79 Å². The number of aromatic nitrogens is 3. The van der Waals surface area contributed by atoms with Gasteiger partial charge in [-0.2, -0.15) is 5.10 Å². The Hall–Kier alpha value is -1.68. The second-order valence-corrected chi connectivity index (χ2v) is 4.56. The summed E-state index contributed by atoms with van der Waals surface area (Å²) >= 11 is 6.11. The Morgan fingerprint density at radius 2 is 2.17 bits per heavy atom. The van der Waals surface area contributed by atoms with Crippen molar-refractivity contribution < 1.29 is 4.79 Å². The molecule has 0 amide bonds. The molecule has 2 heterocycles. The summed E-state index contributed by atoms with van der Waals surface area (Å²) in [4.78, 5) is 16.1. The highest BCUT2D eigenvalue weighted by molar-refractivity contribution is 6.32. The molecule has 2 aromatic rings. The van der Waals surface area contributed by atoms with Crippen molar-refractivity contribution in [1.82, 2.24) is 14.8 Å². The van der Waals surface area contributed by atoms with Gasteiger partial charge in [-0.25, -0.2) is 0 Å². The van der Waals surface area contributed by atoms with Crippen molar-refractivity contribution in [3.8, 4) is 0 Å². The molecule has 0 atom stereocenters. The summed E-state index contributed by atoms with van der Waals surface area (Å²) in [5, 5.41) is 4.76. The normalized spacial score (nSPS) is 10.6. The van der Waals surface area contributed by atoms with Gasteiger partial charge in [-0.3, -0.25) is 14.5 Å². The number of carbonyl (C=O) groups excluding carboxylic acids is 1. The van der Waals surface area contributed by atoms with Crippen LogP contribution < -0.4 is 0 Å². The fourth-order valence-corrected chi connectivity index (χ4v) is 2.05. The average Bonchev–Trinajstić information content (AvgIpc) is 2.57. The molecule has 2 rings (SSSR count). The Balaban J connectivity index is 2.08. The van der Waals surface area contributed by atoms with Crippen LogP contribution in [0.3, 0.4) is 0 Å². The van der Waals surface area contributed by atoms with Gasteiger partial charge in [-0.1, -0.05) is 17.7 Å². The van der Waals surface area contributed by atoms with Gasteiger partial charge < -0.3 is 0 Å². The molecule has 5 heteroatoms. The van der Waals surface area contributed by atoms with Crippen molar-refractivity contribution in [2.24, 2.45) is 7.05 Å². The summed E-state index contributed by atoms with van der Waals surface area (Å²) < 4.78 is 1.66. The number of hydrogen-bond acceptors (Lipinski definition) is 3. The third kappa shape index (κ3) is 2.76. The molecule has 0 N–H and O–H groups in total. The Bertz CT molecular complexity index is 563. The van der Waals surface area contributed by atoms with Crippen LogP contribution in [0.25, 0.3) is 0 Å². The monoisotopic (exact) mass is 263 g/mol. The Kier molecular flexibility index (Phi) is 3.77. The maximum absolute atomic E-state index is 12.0. The molecule has 0 aromatic carbocycles. The highest BCUT2D eigenvalue weighted by atomic mass is 35.5. The molecule has 0 aliphatic rings. The summed E-state index contributed by atoms with van der Waals surface area (Å²) in [7, 11) is 1.79. The molecule has 0 saturated carbocycles. The lowest BCUT2D eigenvalue weighted by Gasteiger charge is -2.02. The lowest BCUT2D eigenvalue weighted by atomic mass is 10.1. The molecular weight excluding hydrogens is 250 g/mol. The maximum Gasteiger partial charge on any atom is 0.144 e. The molecule has 0 aliphatic carbocycles. The van der Waals surface area contributed by atoms with Crippen LogP contribution in [-0.4, -0.2) is 20.5 Å². The van der Waals surface area contributed by atoms with Gasteiger partial charge in [-0.15, -0.1) is 0 Å². The first-order valence-corrected chi connectivity index (χ1v) is 6.05. The van der Waals surface area contributed by atoms with Gasteiger partial charge in [0.2, 0.25) is 0 Å². The van der Waals surface area contributed by atoms with Crippen molar-refractivity contribution in [2.75, 3.05) is 0 Å². The SMILES string of the molecule is Cc1nn(C)c(CC(=O)Cc2ccccn2)c1Cl. The highest BCUT2D eigenvalue weighted by Crippen LogP contribution is 2.20. The summed E-state index contributed by atoms with van der Waals surface area (Å²) in [6.45, 7) is 1.83. The Labute approximate surface area is 111 Å². The number of aryl methyl sites for hydroxylation is 2. The predicted octanol–water partition coefficient (Wildman–Crippen LogP) is 2.13. The van der Waals surface area contributed by atoms with Crippen LogP contribution in [-0.2, 0) is 24.7 Å². The van der Waals surface area contributed by atoms with E-state index in [4.69, 9.17) is 11.6 Å². The van der Waals surface area contributed by atoms with E-state index in [2.05, 4.69) is 10.1 Å². The number of halogens is 1. The van der Waals surface area contributed by atoms with Gasteiger partial charge in [0.15, 0.2) is 0 Å². The van der Waals surface area contributed by atoms with E-state index in [0.29, 0.717) is 11.4 Å². The van der Waals surface area contributed by atoms with Crippen LogP contribution >= 0.6 is 11.6 Å². The Morgan fingerprint density at radius 3 is 2.72 bits per heavy atom. The van der Waals surface area contributed by atoms with Crippen LogP contribution in [0.15, 0.2) is 24.4 Å². The fraction of sp³-hybridized carbons (Fsp3) is 0.308. The first kappa shape index (κ1) is 12.8. The third-order valence-electron chi connectivity index (χ3n) is 2.73. The molecule has 0 spiro atoms. The smallest absolute Gasteiger partial charge is 0.144 e. The summed E-state index contributed by atoms with van der Waals surface area (Å²) in [5.41, 5.74) is 2.28. The minimum absolute atomic E-state index is 0.0820. The lowest BCUT2D eigenvalue weighted by Crippen LogP contribution is -2.11. The molecule has 2 aromatic heterocycles. The number of pyridine rings is 1. The summed E-state index contributed by atoms with van der Waals surface area (Å²) in [5.74, 6) is 0.0820. The van der Waals surface area contributed by atoms with Crippen molar-refractivity contribution in [3.63, 3.8) is 0 Å². The molecule has 0 aliphatic heterocycles. The molecular formula is C13H14ClN3O. The van der Waals surface area contributed by atoms with Crippen molar-refractivity contribution in [3.05, 3.63) is 46.5 Å². The number of carbonyl (C=O) groups is 1. The summed E-state index contributed by atoms with van der Waals surface area (Å²) in [6.07, 6.45) is 2.29. The van der Waals surface area contributed by atoms with E-state index in [1.165, 1.54) is 0 Å². The minimum atomic E-state index is 0.0820. The number of rotatable bonds is 4. The number of nitrogens with zero attached hydrogens (tertiary/aromatic N) is 3. The standard InChI is InChI=1S/C13H14ClN3O/c1-9-13(14)12(17(2)16-9)8-11(18)7-10-5-3-4-6-15-10/h3-6H,7-8H2,1-2H3. The van der Waals surface area contributed by atoms with E-state index >= 15 is 0 Å². The van der Waals surface area contributed by atoms with Crippen LogP contribution in [0.2, 0.25) is 5.02 Å². The quantitative estimate of drug-likeness (QED) is 0.849. The van der Waals surface area contributed by atoms with Gasteiger partial charge in [0.1, 0.15) is 5.78 Å². The van der Waals surface area contributed by atoms with Crippen LogP contribution in [0, 0.1) is 6.92 Å². The number of Topliss-reactive ketones (excluding diaryl/α,β-unsaturated/α-hetero) is 1. The molecule has 0 bridgehead atoms. The minimum Gasteiger partial charge on any atom is -0.299 e. The lowest BCUT2D eigenvalue weighted by molar-refractivity contribution is -0.117. The molecule has 18 heavy (non-hydrogen) atoms. The number of hydrogen-bond donors (Lipinski definition) is 0. The maximum atomic E-state index is 12.0. The molecule has 4 nitrogen and oxygen atoms in total. The zero-order chi connectivity index (χ0) is 13.1. The van der Waals surface area contributed by atoms with Gasteiger partial charge in [-0.05, 0) is 19.1 Å². The van der Waals surface area contributed by atoms with Gasteiger partial charge in [0, 0.05) is 25.4 Å². The average molecular weight is 264 g/mol. The van der Waals surface area contributed by atoms with E-state index in [1.807, 2.05) is 25.1 Å². The molecule has 0 radical (unpaired) electrons. The number of ketones is 1. The van der Waals surface area contributed by atoms with E-state index < -0.39 is 0 Å². The van der Waals surface area contributed by atoms with Gasteiger partial charge in [0.05, 0.1) is 22.8 Å². The zero-order valence-corrected chi connectivity index (χ0v) is 11.1. The molecule has 0 unspecified atom stereocenters. The van der Waals surface area contributed by atoms with E-state index in [1.54, 1.807) is 17.9 Å².